The van der Waals surface area contributed by atoms with Gasteiger partial charge in [0.25, 0.3) is 0 Å². The zero-order valence-electron chi connectivity index (χ0n) is 16.5. The van der Waals surface area contributed by atoms with Gasteiger partial charge in [-0.15, -0.1) is 0 Å². The normalized spacial score (nSPS) is 25.3. The second-order valence-electron chi connectivity index (χ2n) is 7.49. The van der Waals surface area contributed by atoms with Gasteiger partial charge in [0.05, 0.1) is 18.8 Å². The van der Waals surface area contributed by atoms with E-state index in [1.807, 2.05) is 44.2 Å². The number of hydrogen-bond donors (Lipinski definition) is 0. The average Bonchev–Trinajstić information content (AvgIpc) is 2.66. The standard InChI is InChI=1S/C20H29N3O4S/c1-17-14-21(15-18(2)27-17)16-20(24)22-9-11-23(12-10-22)28(25,26)13-8-19-6-4-3-5-7-19/h3-8,13,17-18H,9-12,14-16H2,1-2H3/b13-8+/t17-,18-/m0/s1. The van der Waals surface area contributed by atoms with Crippen LogP contribution < -0.4 is 0 Å². The van der Waals surface area contributed by atoms with Crippen LogP contribution in [0.15, 0.2) is 35.7 Å². The van der Waals surface area contributed by atoms with E-state index in [-0.39, 0.29) is 18.1 Å². The maximum absolute atomic E-state index is 12.6. The maximum Gasteiger partial charge on any atom is 0.236 e. The highest BCUT2D eigenvalue weighted by atomic mass is 32.2. The van der Waals surface area contributed by atoms with Crippen molar-refractivity contribution in [1.29, 1.82) is 0 Å². The summed E-state index contributed by atoms with van der Waals surface area (Å²) in [7, 11) is -3.48. The van der Waals surface area contributed by atoms with Gasteiger partial charge in [0.1, 0.15) is 0 Å². The molecule has 0 spiro atoms. The van der Waals surface area contributed by atoms with Crippen LogP contribution in [0.5, 0.6) is 0 Å². The summed E-state index contributed by atoms with van der Waals surface area (Å²) in [6, 6.07) is 9.34. The third kappa shape index (κ3) is 5.64. The molecular formula is C20H29N3O4S. The lowest BCUT2D eigenvalue weighted by Gasteiger charge is -2.38. The van der Waals surface area contributed by atoms with Crippen LogP contribution in [0.1, 0.15) is 19.4 Å². The largest absolute Gasteiger partial charge is 0.373 e. The van der Waals surface area contributed by atoms with Crippen LogP contribution in [0.3, 0.4) is 0 Å². The first-order valence-electron chi connectivity index (χ1n) is 9.72. The summed E-state index contributed by atoms with van der Waals surface area (Å²) < 4.78 is 32.2. The van der Waals surface area contributed by atoms with Crippen LogP contribution in [0.4, 0.5) is 0 Å². The van der Waals surface area contributed by atoms with Gasteiger partial charge in [0.2, 0.25) is 15.9 Å². The predicted molar refractivity (Wildman–Crippen MR) is 109 cm³/mol. The van der Waals surface area contributed by atoms with Crippen molar-refractivity contribution in [2.24, 2.45) is 0 Å². The summed E-state index contributed by atoms with van der Waals surface area (Å²) in [6.07, 6.45) is 1.85. The molecule has 2 heterocycles. The second kappa shape index (κ2) is 9.17. The highest BCUT2D eigenvalue weighted by Gasteiger charge is 2.29. The molecule has 0 aliphatic carbocycles. The number of rotatable bonds is 5. The molecule has 0 aromatic heterocycles. The van der Waals surface area contributed by atoms with Crippen molar-refractivity contribution in [2.45, 2.75) is 26.1 Å². The van der Waals surface area contributed by atoms with Crippen molar-refractivity contribution in [3.05, 3.63) is 41.3 Å². The molecule has 0 unspecified atom stereocenters. The molecule has 0 N–H and O–H groups in total. The number of amides is 1. The topological polar surface area (TPSA) is 70.2 Å². The van der Waals surface area contributed by atoms with Crippen molar-refractivity contribution in [3.8, 4) is 0 Å². The number of hydrogen-bond acceptors (Lipinski definition) is 5. The summed E-state index contributed by atoms with van der Waals surface area (Å²) >= 11 is 0. The van der Waals surface area contributed by atoms with Gasteiger partial charge >= 0.3 is 0 Å². The summed E-state index contributed by atoms with van der Waals surface area (Å²) in [5.74, 6) is 0.0539. The lowest BCUT2D eigenvalue weighted by molar-refractivity contribution is -0.137. The van der Waals surface area contributed by atoms with Gasteiger partial charge in [-0.1, -0.05) is 30.3 Å². The van der Waals surface area contributed by atoms with Gasteiger partial charge in [-0.25, -0.2) is 8.42 Å². The quantitative estimate of drug-likeness (QED) is 0.735. The minimum Gasteiger partial charge on any atom is -0.373 e. The molecule has 1 amide bonds. The van der Waals surface area contributed by atoms with Crippen molar-refractivity contribution >= 4 is 22.0 Å². The number of benzene rings is 1. The van der Waals surface area contributed by atoms with E-state index in [0.29, 0.717) is 32.7 Å². The van der Waals surface area contributed by atoms with Crippen LogP contribution in [0, 0.1) is 0 Å². The lowest BCUT2D eigenvalue weighted by Crippen LogP contribution is -2.54. The number of piperazine rings is 1. The second-order valence-corrected chi connectivity index (χ2v) is 9.31. The van der Waals surface area contributed by atoms with Crippen LogP contribution >= 0.6 is 0 Å². The van der Waals surface area contributed by atoms with Crippen molar-refractivity contribution in [3.63, 3.8) is 0 Å². The zero-order chi connectivity index (χ0) is 20.1. The molecule has 2 atom stereocenters. The van der Waals surface area contributed by atoms with Crippen LogP contribution in [0.2, 0.25) is 0 Å². The number of carbonyl (C=O) groups is 1. The Labute approximate surface area is 167 Å². The minimum atomic E-state index is -3.48. The smallest absolute Gasteiger partial charge is 0.236 e. The molecule has 0 saturated carbocycles. The van der Waals surface area contributed by atoms with E-state index in [1.165, 1.54) is 9.71 Å². The molecule has 2 fully saturated rings. The zero-order valence-corrected chi connectivity index (χ0v) is 17.3. The molecule has 0 radical (unpaired) electrons. The molecule has 28 heavy (non-hydrogen) atoms. The van der Waals surface area contributed by atoms with E-state index in [2.05, 4.69) is 4.90 Å². The molecule has 8 heteroatoms. The number of ether oxygens (including phenoxy) is 1. The van der Waals surface area contributed by atoms with Gasteiger partial charge in [-0.3, -0.25) is 9.69 Å². The van der Waals surface area contributed by atoms with E-state index in [4.69, 9.17) is 4.74 Å². The van der Waals surface area contributed by atoms with E-state index in [0.717, 1.165) is 18.7 Å². The summed E-state index contributed by atoms with van der Waals surface area (Å²) in [4.78, 5) is 16.5. The Morgan fingerprint density at radius 1 is 1.07 bits per heavy atom. The first kappa shape index (κ1) is 21.0. The Balaban J connectivity index is 1.50. The predicted octanol–water partition coefficient (Wildman–Crippen LogP) is 1.24. The van der Waals surface area contributed by atoms with Crippen LogP contribution in [-0.4, -0.2) is 86.5 Å². The fourth-order valence-electron chi connectivity index (χ4n) is 3.71. The van der Waals surface area contributed by atoms with Crippen LogP contribution in [0.25, 0.3) is 6.08 Å². The van der Waals surface area contributed by atoms with E-state index in [1.54, 1.807) is 11.0 Å². The number of sulfonamides is 1. The molecule has 2 saturated heterocycles. The first-order valence-corrected chi connectivity index (χ1v) is 11.2. The minimum absolute atomic E-state index is 0.0539. The molecule has 2 aliphatic rings. The molecule has 7 nitrogen and oxygen atoms in total. The molecule has 3 rings (SSSR count). The molecule has 1 aromatic carbocycles. The fraction of sp³-hybridized carbons (Fsp3) is 0.550. The Morgan fingerprint density at radius 2 is 1.68 bits per heavy atom. The summed E-state index contributed by atoms with van der Waals surface area (Å²) in [5.41, 5.74) is 0.842. The third-order valence-electron chi connectivity index (χ3n) is 5.04. The van der Waals surface area contributed by atoms with E-state index >= 15 is 0 Å². The van der Waals surface area contributed by atoms with E-state index < -0.39 is 10.0 Å². The Hall–Kier alpha value is -1.74. The highest BCUT2D eigenvalue weighted by Crippen LogP contribution is 2.14. The Morgan fingerprint density at radius 3 is 2.29 bits per heavy atom. The lowest BCUT2D eigenvalue weighted by atomic mass is 10.2. The molecular weight excluding hydrogens is 378 g/mol. The average molecular weight is 408 g/mol. The van der Waals surface area contributed by atoms with E-state index in [9.17, 15) is 13.2 Å². The maximum atomic E-state index is 12.6. The number of morpholine rings is 1. The van der Waals surface area contributed by atoms with Gasteiger partial charge < -0.3 is 9.64 Å². The fourth-order valence-corrected chi connectivity index (χ4v) is 4.89. The SMILES string of the molecule is C[C@H]1CN(CC(=O)N2CCN(S(=O)(=O)/C=C/c3ccccc3)CC2)C[C@H](C)O1. The first-order chi connectivity index (χ1) is 13.3. The van der Waals surface area contributed by atoms with Gasteiger partial charge in [-0.2, -0.15) is 4.31 Å². The number of nitrogens with zero attached hydrogens (tertiary/aromatic N) is 3. The molecule has 1 aromatic rings. The molecule has 0 bridgehead atoms. The summed E-state index contributed by atoms with van der Waals surface area (Å²) in [6.45, 7) is 7.37. The Kier molecular flexibility index (Phi) is 6.87. The summed E-state index contributed by atoms with van der Waals surface area (Å²) in [5, 5.41) is 1.25. The van der Waals surface area contributed by atoms with Crippen LogP contribution in [-0.2, 0) is 19.6 Å². The molecule has 2 aliphatic heterocycles. The third-order valence-corrected chi connectivity index (χ3v) is 6.60. The number of carbonyl (C=O) groups excluding carboxylic acids is 1. The van der Waals surface area contributed by atoms with Crippen molar-refractivity contribution in [1.82, 2.24) is 14.1 Å². The van der Waals surface area contributed by atoms with Gasteiger partial charge in [0, 0.05) is 44.7 Å². The van der Waals surface area contributed by atoms with Gasteiger partial charge in [-0.05, 0) is 25.5 Å². The van der Waals surface area contributed by atoms with Crippen molar-refractivity contribution < 1.29 is 17.9 Å². The monoisotopic (exact) mass is 407 g/mol. The van der Waals surface area contributed by atoms with Crippen molar-refractivity contribution in [2.75, 3.05) is 45.8 Å². The van der Waals surface area contributed by atoms with Gasteiger partial charge in [0.15, 0.2) is 0 Å². The molecule has 154 valence electrons. The Bertz CT molecular complexity index is 779. The highest BCUT2D eigenvalue weighted by molar-refractivity contribution is 7.92.